The summed E-state index contributed by atoms with van der Waals surface area (Å²) < 4.78 is 5.51. The molecule has 0 saturated heterocycles. The van der Waals surface area contributed by atoms with Crippen LogP contribution in [0.25, 0.3) is 0 Å². The van der Waals surface area contributed by atoms with E-state index in [4.69, 9.17) is 4.74 Å². The summed E-state index contributed by atoms with van der Waals surface area (Å²) in [7, 11) is 0. The molecule has 1 fully saturated rings. The SMILES string of the molecule is c1ccc(COC[C]2CC2)cc1. The average molecular weight is 161 g/mol. The fourth-order valence-electron chi connectivity index (χ4n) is 1.12. The zero-order valence-electron chi connectivity index (χ0n) is 7.12. The van der Waals surface area contributed by atoms with Gasteiger partial charge in [-0.3, -0.25) is 0 Å². The smallest absolute Gasteiger partial charge is 0.0717 e. The molecule has 1 aliphatic rings. The highest BCUT2D eigenvalue weighted by atomic mass is 16.5. The van der Waals surface area contributed by atoms with Gasteiger partial charge in [-0.1, -0.05) is 30.3 Å². The summed E-state index contributed by atoms with van der Waals surface area (Å²) in [6.07, 6.45) is 2.57. The van der Waals surface area contributed by atoms with Crippen LogP contribution in [0.1, 0.15) is 18.4 Å². The Kier molecular flexibility index (Phi) is 2.42. The van der Waals surface area contributed by atoms with Crippen LogP contribution in [0.3, 0.4) is 0 Å². The van der Waals surface area contributed by atoms with Crippen LogP contribution in [0.15, 0.2) is 30.3 Å². The second kappa shape index (κ2) is 3.72. The molecule has 63 valence electrons. The summed E-state index contributed by atoms with van der Waals surface area (Å²) in [5.74, 6) is 1.56. The highest BCUT2D eigenvalue weighted by molar-refractivity contribution is 5.13. The van der Waals surface area contributed by atoms with Crippen molar-refractivity contribution in [1.29, 1.82) is 0 Å². The molecule has 0 atom stereocenters. The van der Waals surface area contributed by atoms with Gasteiger partial charge in [0.25, 0.3) is 0 Å². The van der Waals surface area contributed by atoms with E-state index in [1.54, 1.807) is 5.92 Å². The molecule has 0 aromatic heterocycles. The standard InChI is InChI=1S/C11H13O/c1-2-4-10(5-3-1)8-12-9-11-6-7-11/h1-5H,6-9H2. The van der Waals surface area contributed by atoms with Gasteiger partial charge in [-0.05, 0) is 18.4 Å². The fraction of sp³-hybridized carbons (Fsp3) is 0.364. The Morgan fingerprint density at radius 2 is 1.75 bits per heavy atom. The normalized spacial score (nSPS) is 16.3. The van der Waals surface area contributed by atoms with Gasteiger partial charge in [-0.2, -0.15) is 0 Å². The molecular weight excluding hydrogens is 148 g/mol. The molecule has 1 nitrogen and oxygen atoms in total. The van der Waals surface area contributed by atoms with Crippen molar-refractivity contribution in [2.24, 2.45) is 0 Å². The molecule has 1 heteroatoms. The van der Waals surface area contributed by atoms with E-state index in [0.717, 1.165) is 13.2 Å². The van der Waals surface area contributed by atoms with Crippen LogP contribution in [0.5, 0.6) is 0 Å². The molecule has 1 radical (unpaired) electrons. The van der Waals surface area contributed by atoms with Crippen LogP contribution in [0.2, 0.25) is 0 Å². The molecule has 0 amide bonds. The third kappa shape index (κ3) is 2.35. The summed E-state index contributed by atoms with van der Waals surface area (Å²) in [6.45, 7) is 1.62. The van der Waals surface area contributed by atoms with Crippen molar-refractivity contribution in [1.82, 2.24) is 0 Å². The largest absolute Gasteiger partial charge is 0.376 e. The molecule has 0 aliphatic heterocycles. The zero-order valence-corrected chi connectivity index (χ0v) is 7.12. The van der Waals surface area contributed by atoms with Crippen molar-refractivity contribution in [2.75, 3.05) is 6.61 Å². The first-order chi connectivity index (χ1) is 5.95. The van der Waals surface area contributed by atoms with Crippen LogP contribution in [0, 0.1) is 5.92 Å². The summed E-state index contributed by atoms with van der Waals surface area (Å²) in [5, 5.41) is 0. The molecule has 0 unspecified atom stereocenters. The van der Waals surface area contributed by atoms with Crippen molar-refractivity contribution >= 4 is 0 Å². The molecule has 0 spiro atoms. The third-order valence-electron chi connectivity index (χ3n) is 2.02. The molecule has 12 heavy (non-hydrogen) atoms. The Morgan fingerprint density at radius 1 is 1.00 bits per heavy atom. The van der Waals surface area contributed by atoms with Gasteiger partial charge in [0.2, 0.25) is 0 Å². The molecule has 1 aliphatic carbocycles. The quantitative estimate of drug-likeness (QED) is 0.659. The minimum Gasteiger partial charge on any atom is -0.376 e. The second-order valence-electron chi connectivity index (χ2n) is 3.23. The predicted octanol–water partition coefficient (Wildman–Crippen LogP) is 2.57. The Hall–Kier alpha value is -0.820. The molecule has 0 N–H and O–H groups in total. The summed E-state index contributed by atoms with van der Waals surface area (Å²) in [5.41, 5.74) is 1.26. The number of benzene rings is 1. The van der Waals surface area contributed by atoms with Crippen molar-refractivity contribution in [3.63, 3.8) is 0 Å². The summed E-state index contributed by atoms with van der Waals surface area (Å²) >= 11 is 0. The van der Waals surface area contributed by atoms with Gasteiger partial charge in [0.15, 0.2) is 0 Å². The van der Waals surface area contributed by atoms with E-state index in [1.807, 2.05) is 18.2 Å². The van der Waals surface area contributed by atoms with Gasteiger partial charge in [-0.15, -0.1) is 0 Å². The first-order valence-electron chi connectivity index (χ1n) is 4.40. The molecule has 1 aromatic rings. The van der Waals surface area contributed by atoms with E-state index in [0.29, 0.717) is 0 Å². The van der Waals surface area contributed by atoms with E-state index in [-0.39, 0.29) is 0 Å². The van der Waals surface area contributed by atoms with Crippen molar-refractivity contribution < 1.29 is 4.74 Å². The highest BCUT2D eigenvalue weighted by Gasteiger charge is 2.21. The lowest BCUT2D eigenvalue weighted by atomic mass is 10.2. The Bertz CT molecular complexity index is 226. The van der Waals surface area contributed by atoms with E-state index in [1.165, 1.54) is 18.4 Å². The lowest BCUT2D eigenvalue weighted by molar-refractivity contribution is 0.137. The molecular formula is C11H13O. The van der Waals surface area contributed by atoms with Gasteiger partial charge >= 0.3 is 0 Å². The monoisotopic (exact) mass is 161 g/mol. The minimum atomic E-state index is 0.754. The molecule has 2 rings (SSSR count). The minimum absolute atomic E-state index is 0.754. The highest BCUT2D eigenvalue weighted by Crippen LogP contribution is 2.31. The van der Waals surface area contributed by atoms with E-state index >= 15 is 0 Å². The van der Waals surface area contributed by atoms with Crippen molar-refractivity contribution in [3.05, 3.63) is 41.8 Å². The Morgan fingerprint density at radius 3 is 2.42 bits per heavy atom. The first kappa shape index (κ1) is 7.81. The number of ether oxygens (including phenoxy) is 1. The molecule has 1 saturated carbocycles. The zero-order chi connectivity index (χ0) is 8.23. The molecule has 1 aromatic carbocycles. The van der Waals surface area contributed by atoms with Gasteiger partial charge in [-0.25, -0.2) is 0 Å². The van der Waals surface area contributed by atoms with Crippen LogP contribution in [0.4, 0.5) is 0 Å². The first-order valence-corrected chi connectivity index (χ1v) is 4.40. The maximum absolute atomic E-state index is 5.51. The lowest BCUT2D eigenvalue weighted by Crippen LogP contribution is -1.95. The Balaban J connectivity index is 1.72. The van der Waals surface area contributed by atoms with E-state index in [9.17, 15) is 0 Å². The topological polar surface area (TPSA) is 9.23 Å². The van der Waals surface area contributed by atoms with Crippen LogP contribution in [-0.2, 0) is 11.3 Å². The van der Waals surface area contributed by atoms with Crippen LogP contribution < -0.4 is 0 Å². The average Bonchev–Trinajstić information content (AvgIpc) is 2.90. The number of hydrogen-bond donors (Lipinski definition) is 0. The van der Waals surface area contributed by atoms with E-state index < -0.39 is 0 Å². The fourth-order valence-corrected chi connectivity index (χ4v) is 1.12. The van der Waals surface area contributed by atoms with Crippen LogP contribution in [-0.4, -0.2) is 6.61 Å². The van der Waals surface area contributed by atoms with Gasteiger partial charge in [0, 0.05) is 5.92 Å². The molecule has 0 bridgehead atoms. The van der Waals surface area contributed by atoms with Crippen molar-refractivity contribution in [2.45, 2.75) is 19.4 Å². The van der Waals surface area contributed by atoms with Gasteiger partial charge in [0.05, 0.1) is 13.2 Å². The summed E-state index contributed by atoms with van der Waals surface area (Å²) in [6, 6.07) is 10.3. The second-order valence-corrected chi connectivity index (χ2v) is 3.23. The maximum atomic E-state index is 5.51. The van der Waals surface area contributed by atoms with Gasteiger partial charge < -0.3 is 4.74 Å². The summed E-state index contributed by atoms with van der Waals surface area (Å²) in [4.78, 5) is 0. The van der Waals surface area contributed by atoms with E-state index in [2.05, 4.69) is 12.1 Å². The van der Waals surface area contributed by atoms with Gasteiger partial charge in [0.1, 0.15) is 0 Å². The number of rotatable bonds is 4. The predicted molar refractivity (Wildman–Crippen MR) is 48.6 cm³/mol. The maximum Gasteiger partial charge on any atom is 0.0717 e. The molecule has 0 heterocycles. The van der Waals surface area contributed by atoms with Crippen LogP contribution >= 0.6 is 0 Å². The number of hydrogen-bond acceptors (Lipinski definition) is 1. The third-order valence-corrected chi connectivity index (χ3v) is 2.02. The van der Waals surface area contributed by atoms with Crippen molar-refractivity contribution in [3.8, 4) is 0 Å². The lowest BCUT2D eigenvalue weighted by Gasteiger charge is -2.01. The Labute approximate surface area is 73.4 Å².